The van der Waals surface area contributed by atoms with E-state index in [9.17, 15) is 19.2 Å². The van der Waals surface area contributed by atoms with Gasteiger partial charge in [-0.1, -0.05) is 25.1 Å². The van der Waals surface area contributed by atoms with E-state index in [4.69, 9.17) is 33.7 Å². The van der Waals surface area contributed by atoms with Crippen LogP contribution in [0.15, 0.2) is 48.7 Å². The van der Waals surface area contributed by atoms with Gasteiger partial charge in [-0.25, -0.2) is 19.6 Å². The summed E-state index contributed by atoms with van der Waals surface area (Å²) in [5.41, 5.74) is 6.43. The zero-order chi connectivity index (χ0) is 44.7. The van der Waals surface area contributed by atoms with E-state index in [1.54, 1.807) is 24.9 Å². The lowest BCUT2D eigenvalue weighted by Crippen LogP contribution is -2.55. The number of ether oxygens (including phenoxy) is 5. The highest BCUT2D eigenvalue weighted by molar-refractivity contribution is 6.07. The zero-order valence-corrected chi connectivity index (χ0v) is 36.9. The largest absolute Gasteiger partial charge is 0.488 e. The van der Waals surface area contributed by atoms with Crippen LogP contribution in [0.2, 0.25) is 0 Å². The van der Waals surface area contributed by atoms with Crippen LogP contribution >= 0.6 is 0 Å². The number of benzene rings is 3. The molecule has 3 aliphatic heterocycles. The van der Waals surface area contributed by atoms with Crippen molar-refractivity contribution >= 4 is 45.8 Å². The van der Waals surface area contributed by atoms with Crippen LogP contribution in [0.5, 0.6) is 5.75 Å². The van der Waals surface area contributed by atoms with E-state index in [1.165, 1.54) is 28.4 Å². The first-order valence-corrected chi connectivity index (χ1v) is 21.6. The van der Waals surface area contributed by atoms with Gasteiger partial charge in [-0.05, 0) is 99.2 Å². The van der Waals surface area contributed by atoms with Gasteiger partial charge < -0.3 is 54.1 Å². The summed E-state index contributed by atoms with van der Waals surface area (Å²) >= 11 is 0. The molecule has 0 saturated carbocycles. The molecule has 5 heterocycles. The number of nitrogens with zero attached hydrogens (tertiary/aromatic N) is 4. The van der Waals surface area contributed by atoms with Crippen LogP contribution < -0.4 is 15.4 Å². The second-order valence-electron chi connectivity index (χ2n) is 16.7. The van der Waals surface area contributed by atoms with Gasteiger partial charge in [0.25, 0.3) is 0 Å². The number of amides is 4. The predicted octanol–water partition coefficient (Wildman–Crippen LogP) is 6.68. The highest BCUT2D eigenvalue weighted by atomic mass is 16.5. The molecule has 5 aromatic rings. The molecule has 2 aromatic heterocycles. The molecule has 17 nitrogen and oxygen atoms in total. The predicted molar refractivity (Wildman–Crippen MR) is 234 cm³/mol. The van der Waals surface area contributed by atoms with E-state index in [0.717, 1.165) is 81.2 Å². The lowest BCUT2D eigenvalue weighted by Gasteiger charge is -2.34. The second-order valence-corrected chi connectivity index (χ2v) is 16.7. The first kappa shape index (κ1) is 43.4. The Hall–Kier alpha value is -6.20. The minimum absolute atomic E-state index is 0.0241. The molecule has 63 heavy (non-hydrogen) atoms. The first-order chi connectivity index (χ1) is 30.4. The van der Waals surface area contributed by atoms with Gasteiger partial charge in [0.15, 0.2) is 0 Å². The van der Waals surface area contributed by atoms with Crippen LogP contribution in [0.25, 0.3) is 44.2 Å². The number of alkyl carbamates (subject to hydrolysis) is 2. The maximum absolute atomic E-state index is 14.1. The number of imidazole rings is 2. The fourth-order valence-corrected chi connectivity index (χ4v) is 9.52. The van der Waals surface area contributed by atoms with Crippen molar-refractivity contribution in [1.82, 2.24) is 40.4 Å². The van der Waals surface area contributed by atoms with Crippen LogP contribution in [-0.4, -0.2) is 119 Å². The van der Waals surface area contributed by atoms with Crippen LogP contribution in [0.1, 0.15) is 89.1 Å². The molecule has 8 rings (SSSR count). The Morgan fingerprint density at radius 3 is 2.14 bits per heavy atom. The second kappa shape index (κ2) is 17.9. The molecule has 0 spiro atoms. The molecule has 3 aromatic carbocycles. The van der Waals surface area contributed by atoms with Crippen molar-refractivity contribution in [1.29, 1.82) is 0 Å². The molecular formula is C46H56N8O9. The number of likely N-dealkylation sites (tertiary alicyclic amines) is 2. The molecule has 8 atom stereocenters. The lowest BCUT2D eigenvalue weighted by atomic mass is 9.92. The number of aromatic amines is 2. The Bertz CT molecular complexity index is 2540. The fraction of sp³-hybridized carbons (Fsp3) is 0.478. The Balaban J connectivity index is 1.05. The van der Waals surface area contributed by atoms with Crippen molar-refractivity contribution in [2.75, 3.05) is 28.4 Å². The molecule has 2 saturated heterocycles. The number of nitrogens with one attached hydrogen (secondary N) is 4. The maximum Gasteiger partial charge on any atom is 0.407 e. The van der Waals surface area contributed by atoms with E-state index < -0.39 is 36.5 Å². The summed E-state index contributed by atoms with van der Waals surface area (Å²) in [4.78, 5) is 73.1. The third-order valence-electron chi connectivity index (χ3n) is 13.2. The van der Waals surface area contributed by atoms with Crippen molar-refractivity contribution in [3.63, 3.8) is 0 Å². The van der Waals surface area contributed by atoms with Crippen molar-refractivity contribution in [3.05, 3.63) is 65.9 Å². The van der Waals surface area contributed by atoms with Crippen LogP contribution in [-0.2, 0) is 35.1 Å². The number of methoxy groups -OCH3 is 4. The average Bonchev–Trinajstić information content (AvgIpc) is 4.13. The minimum Gasteiger partial charge on any atom is -0.488 e. The zero-order valence-electron chi connectivity index (χ0n) is 36.9. The van der Waals surface area contributed by atoms with Gasteiger partial charge in [0.1, 0.15) is 36.1 Å². The summed E-state index contributed by atoms with van der Waals surface area (Å²) in [6.45, 7) is 7.90. The van der Waals surface area contributed by atoms with Crippen LogP contribution in [0, 0.1) is 0 Å². The van der Waals surface area contributed by atoms with Gasteiger partial charge in [0.05, 0.1) is 61.4 Å². The van der Waals surface area contributed by atoms with Gasteiger partial charge in [-0.3, -0.25) is 9.59 Å². The summed E-state index contributed by atoms with van der Waals surface area (Å²) in [5.74, 6) is 1.60. The molecule has 0 aliphatic carbocycles. The molecular weight excluding hydrogens is 809 g/mol. The third kappa shape index (κ3) is 8.03. The number of hydrogen-bond donors (Lipinski definition) is 4. The monoisotopic (exact) mass is 864 g/mol. The van der Waals surface area contributed by atoms with Crippen LogP contribution in [0.4, 0.5) is 9.59 Å². The quantitative estimate of drug-likeness (QED) is 0.104. The van der Waals surface area contributed by atoms with Gasteiger partial charge in [0.2, 0.25) is 11.8 Å². The van der Waals surface area contributed by atoms with Gasteiger partial charge in [0, 0.05) is 37.3 Å². The Labute approximate surface area is 365 Å². The van der Waals surface area contributed by atoms with Gasteiger partial charge >= 0.3 is 12.2 Å². The van der Waals surface area contributed by atoms with Crippen molar-refractivity contribution in [2.24, 2.45) is 0 Å². The van der Waals surface area contributed by atoms with Crippen molar-refractivity contribution in [2.45, 2.75) is 115 Å². The number of H-pyrrole nitrogens is 2. The number of carbonyl (C=O) groups excluding carboxylic acids is 4. The molecule has 2 unspecified atom stereocenters. The normalized spacial score (nSPS) is 21.3. The van der Waals surface area contributed by atoms with E-state index >= 15 is 0 Å². The smallest absolute Gasteiger partial charge is 0.407 e. The maximum atomic E-state index is 14.1. The van der Waals surface area contributed by atoms with Gasteiger partial charge in [-0.15, -0.1) is 0 Å². The van der Waals surface area contributed by atoms with E-state index in [2.05, 4.69) is 57.9 Å². The summed E-state index contributed by atoms with van der Waals surface area (Å²) in [6, 6.07) is 11.9. The van der Waals surface area contributed by atoms with E-state index in [0.29, 0.717) is 24.7 Å². The number of fused-ring (bicyclic) bond motifs is 6. The average molecular weight is 865 g/mol. The summed E-state index contributed by atoms with van der Waals surface area (Å²) in [7, 11) is 5.54. The lowest BCUT2D eigenvalue weighted by molar-refractivity contribution is -0.140. The topological polar surface area (TPSA) is 202 Å². The van der Waals surface area contributed by atoms with Gasteiger partial charge in [-0.2, -0.15) is 0 Å². The highest BCUT2D eigenvalue weighted by Gasteiger charge is 2.44. The molecule has 2 fully saturated rings. The number of rotatable bonds is 12. The Morgan fingerprint density at radius 2 is 1.48 bits per heavy atom. The van der Waals surface area contributed by atoms with E-state index in [-0.39, 0.29) is 36.0 Å². The third-order valence-corrected chi connectivity index (χ3v) is 13.2. The minimum atomic E-state index is -0.938. The first-order valence-electron chi connectivity index (χ1n) is 21.6. The van der Waals surface area contributed by atoms with Crippen molar-refractivity contribution < 1.29 is 42.9 Å². The molecule has 0 radical (unpaired) electrons. The van der Waals surface area contributed by atoms with Crippen LogP contribution in [0.3, 0.4) is 0 Å². The molecule has 17 heteroatoms. The molecule has 0 bridgehead atoms. The van der Waals surface area contributed by atoms with E-state index in [1.807, 2.05) is 24.0 Å². The van der Waals surface area contributed by atoms with Crippen molar-refractivity contribution in [3.8, 4) is 28.1 Å². The SMILES string of the molecule is CC[C@H]1CC[C@@H](c2ncc(-c3ccc4c(c3)COc3cc5c(ccc6[nH]c([C@@H]7CC[C@H](C)N7C(=O)C(NC(=O)OC)[C@@H](C)OC)nc65)cc3-4)[nH]2)N1C(=O)C(NC(=O)OC)[C@@H](C)OC. The molecule has 334 valence electrons. The Kier molecular flexibility index (Phi) is 12.3. The summed E-state index contributed by atoms with van der Waals surface area (Å²) in [5, 5.41) is 7.26. The summed E-state index contributed by atoms with van der Waals surface area (Å²) in [6.07, 6.45) is 2.99. The summed E-state index contributed by atoms with van der Waals surface area (Å²) < 4.78 is 27.0. The Morgan fingerprint density at radius 1 is 0.810 bits per heavy atom. The number of carbonyl (C=O) groups is 4. The molecule has 4 N–H and O–H groups in total. The number of aromatic nitrogens is 4. The fourth-order valence-electron chi connectivity index (χ4n) is 9.52. The molecule has 3 aliphatic rings. The molecule has 4 amide bonds. The highest BCUT2D eigenvalue weighted by Crippen LogP contribution is 2.44. The number of hydrogen-bond acceptors (Lipinski definition) is 11. The standard InChI is InChI=1S/C46H56N8O9/c1-9-29-13-17-35(54(29)44(56)39(25(4)60-6)52-46(58)62-8)41-47-21-34(49-41)27-11-14-30-28(18-27)22-63-37-20-31-26(19-32(30)37)12-15-33-40(31)50-42(48-33)36-16-10-23(2)53(36)43(55)38(24(3)59-5)51-45(57)61-7/h11-12,14-15,18-21,23-25,29,35-36,38-39H,9-10,13,16-17,22H2,1-8H3,(H,47,49)(H,48,50)(H,51,57)(H,52,58)/t23-,24+,25+,29-,35-,36-,38?,39?/m0/s1.